The Morgan fingerprint density at radius 2 is 1.83 bits per heavy atom. The minimum absolute atomic E-state index is 0.154. The quantitative estimate of drug-likeness (QED) is 0.560. The standard InChI is InChI=1S/C24H28N2O2S/c1-17-15-20(18(2)26(17)21-12-6-7-13-21)16-22-23(27)25(24(28)29-22)14-8-11-19-9-4-3-5-10-19/h3-5,9-10,15-16,21H,6-8,11-14H2,1-2H3/b22-16-. The topological polar surface area (TPSA) is 42.3 Å². The van der Waals surface area contributed by atoms with Crippen molar-refractivity contribution in [2.75, 3.05) is 6.54 Å². The lowest BCUT2D eigenvalue weighted by molar-refractivity contribution is -0.122. The van der Waals surface area contributed by atoms with Crippen LogP contribution < -0.4 is 0 Å². The Balaban J connectivity index is 1.45. The first-order valence-corrected chi connectivity index (χ1v) is 11.3. The maximum absolute atomic E-state index is 12.8. The molecule has 152 valence electrons. The van der Waals surface area contributed by atoms with Gasteiger partial charge in [-0.2, -0.15) is 0 Å². The van der Waals surface area contributed by atoms with E-state index in [4.69, 9.17) is 0 Å². The second-order valence-corrected chi connectivity index (χ2v) is 9.05. The SMILES string of the molecule is Cc1cc(/C=C2\SC(=O)N(CCCc3ccccc3)C2=O)c(C)n1C1CCCC1. The van der Waals surface area contributed by atoms with Gasteiger partial charge in [0.05, 0.1) is 4.91 Å². The number of imide groups is 1. The van der Waals surface area contributed by atoms with E-state index in [-0.39, 0.29) is 11.1 Å². The molecule has 0 atom stereocenters. The summed E-state index contributed by atoms with van der Waals surface area (Å²) in [5.41, 5.74) is 4.73. The minimum Gasteiger partial charge on any atom is -0.346 e. The lowest BCUT2D eigenvalue weighted by Crippen LogP contribution is -2.29. The zero-order valence-electron chi connectivity index (χ0n) is 17.2. The van der Waals surface area contributed by atoms with Crippen molar-refractivity contribution in [1.82, 2.24) is 9.47 Å². The third-order valence-corrected chi connectivity index (χ3v) is 6.97. The number of carbonyl (C=O) groups is 2. The number of thioether (sulfide) groups is 1. The Kier molecular flexibility index (Phi) is 5.95. The third-order valence-electron chi connectivity index (χ3n) is 6.06. The molecule has 0 spiro atoms. The molecule has 0 unspecified atom stereocenters. The first kappa shape index (κ1) is 20.0. The van der Waals surface area contributed by atoms with Crippen molar-refractivity contribution in [1.29, 1.82) is 0 Å². The van der Waals surface area contributed by atoms with Gasteiger partial charge in [-0.3, -0.25) is 14.5 Å². The van der Waals surface area contributed by atoms with E-state index >= 15 is 0 Å². The number of aromatic nitrogens is 1. The zero-order chi connectivity index (χ0) is 20.4. The first-order valence-electron chi connectivity index (χ1n) is 10.5. The normalized spacial score (nSPS) is 19.1. The summed E-state index contributed by atoms with van der Waals surface area (Å²) < 4.78 is 2.42. The van der Waals surface area contributed by atoms with Crippen LogP contribution in [0.25, 0.3) is 6.08 Å². The lowest BCUT2D eigenvalue weighted by Gasteiger charge is -2.17. The van der Waals surface area contributed by atoms with Crippen LogP contribution in [-0.4, -0.2) is 27.2 Å². The maximum atomic E-state index is 12.8. The van der Waals surface area contributed by atoms with E-state index in [1.165, 1.54) is 47.5 Å². The van der Waals surface area contributed by atoms with Gasteiger partial charge in [0.15, 0.2) is 0 Å². The molecule has 1 aliphatic heterocycles. The molecular formula is C24H28N2O2S. The molecule has 1 saturated carbocycles. The molecule has 1 aromatic carbocycles. The predicted molar refractivity (Wildman–Crippen MR) is 119 cm³/mol. The molecule has 1 aliphatic carbocycles. The fraction of sp³-hybridized carbons (Fsp3) is 0.417. The zero-order valence-corrected chi connectivity index (χ0v) is 18.0. The molecule has 2 heterocycles. The van der Waals surface area contributed by atoms with Crippen LogP contribution in [-0.2, 0) is 11.2 Å². The van der Waals surface area contributed by atoms with Gasteiger partial charge >= 0.3 is 0 Å². The van der Waals surface area contributed by atoms with Crippen molar-refractivity contribution in [3.8, 4) is 0 Å². The molecule has 29 heavy (non-hydrogen) atoms. The fourth-order valence-electron chi connectivity index (χ4n) is 4.59. The fourth-order valence-corrected chi connectivity index (χ4v) is 5.45. The van der Waals surface area contributed by atoms with Gasteiger partial charge in [-0.15, -0.1) is 0 Å². The van der Waals surface area contributed by atoms with Crippen molar-refractivity contribution in [2.24, 2.45) is 0 Å². The van der Waals surface area contributed by atoms with Gasteiger partial charge in [-0.25, -0.2) is 0 Å². The second kappa shape index (κ2) is 8.62. The van der Waals surface area contributed by atoms with E-state index in [0.29, 0.717) is 17.5 Å². The number of benzene rings is 1. The van der Waals surface area contributed by atoms with Gasteiger partial charge in [-0.05, 0) is 74.6 Å². The first-order chi connectivity index (χ1) is 14.0. The monoisotopic (exact) mass is 408 g/mol. The van der Waals surface area contributed by atoms with E-state index < -0.39 is 0 Å². The average molecular weight is 409 g/mol. The number of aryl methyl sites for hydroxylation is 2. The molecule has 4 rings (SSSR count). The van der Waals surface area contributed by atoms with Gasteiger partial charge in [0.1, 0.15) is 0 Å². The Morgan fingerprint density at radius 1 is 1.10 bits per heavy atom. The van der Waals surface area contributed by atoms with Crippen molar-refractivity contribution >= 4 is 29.0 Å². The molecule has 0 radical (unpaired) electrons. The highest BCUT2D eigenvalue weighted by atomic mass is 32.2. The summed E-state index contributed by atoms with van der Waals surface area (Å²) in [4.78, 5) is 27.2. The highest BCUT2D eigenvalue weighted by Crippen LogP contribution is 2.36. The van der Waals surface area contributed by atoms with Gasteiger partial charge in [0, 0.05) is 24.0 Å². The number of amides is 2. The summed E-state index contributed by atoms with van der Waals surface area (Å²) in [5, 5.41) is -0.154. The molecule has 2 aliphatic rings. The van der Waals surface area contributed by atoms with Crippen LogP contribution in [0.5, 0.6) is 0 Å². The summed E-state index contributed by atoms with van der Waals surface area (Å²) in [6.07, 6.45) is 8.60. The molecule has 0 N–H and O–H groups in total. The number of nitrogens with zero attached hydrogens (tertiary/aromatic N) is 2. The molecular weight excluding hydrogens is 380 g/mol. The van der Waals surface area contributed by atoms with E-state index in [2.05, 4.69) is 36.6 Å². The highest BCUT2D eigenvalue weighted by Gasteiger charge is 2.35. The smallest absolute Gasteiger partial charge is 0.293 e. The van der Waals surface area contributed by atoms with Crippen LogP contribution in [0.4, 0.5) is 4.79 Å². The molecule has 1 saturated heterocycles. The number of hydrogen-bond donors (Lipinski definition) is 0. The highest BCUT2D eigenvalue weighted by molar-refractivity contribution is 8.18. The lowest BCUT2D eigenvalue weighted by atomic mass is 10.1. The maximum Gasteiger partial charge on any atom is 0.293 e. The summed E-state index contributed by atoms with van der Waals surface area (Å²) in [6, 6.07) is 12.9. The van der Waals surface area contributed by atoms with E-state index in [0.717, 1.165) is 30.2 Å². The third kappa shape index (κ3) is 4.20. The average Bonchev–Trinajstić information content (AvgIpc) is 3.39. The Bertz CT molecular complexity index is 939. The molecule has 2 aromatic rings. The largest absolute Gasteiger partial charge is 0.346 e. The Hall–Kier alpha value is -2.27. The summed E-state index contributed by atoms with van der Waals surface area (Å²) in [5.74, 6) is -0.154. The van der Waals surface area contributed by atoms with Crippen LogP contribution in [0.1, 0.15) is 60.7 Å². The van der Waals surface area contributed by atoms with Gasteiger partial charge < -0.3 is 4.57 Å². The summed E-state index contributed by atoms with van der Waals surface area (Å²) in [6.45, 7) is 4.73. The Labute approximate surface area is 177 Å². The number of rotatable bonds is 6. The van der Waals surface area contributed by atoms with Crippen molar-refractivity contribution in [3.05, 3.63) is 63.8 Å². The van der Waals surface area contributed by atoms with Crippen molar-refractivity contribution in [3.63, 3.8) is 0 Å². The number of carbonyl (C=O) groups excluding carboxylic acids is 2. The van der Waals surface area contributed by atoms with Crippen molar-refractivity contribution < 1.29 is 9.59 Å². The minimum atomic E-state index is -0.154. The number of hydrogen-bond acceptors (Lipinski definition) is 3. The van der Waals surface area contributed by atoms with Crippen LogP contribution in [0, 0.1) is 13.8 Å². The molecule has 2 amide bonds. The van der Waals surface area contributed by atoms with E-state index in [1.54, 1.807) is 0 Å². The molecule has 4 nitrogen and oxygen atoms in total. The summed E-state index contributed by atoms with van der Waals surface area (Å²) >= 11 is 1.07. The van der Waals surface area contributed by atoms with Gasteiger partial charge in [0.2, 0.25) is 0 Å². The van der Waals surface area contributed by atoms with Crippen LogP contribution in [0.15, 0.2) is 41.3 Å². The van der Waals surface area contributed by atoms with Crippen LogP contribution in [0.3, 0.4) is 0 Å². The van der Waals surface area contributed by atoms with Crippen LogP contribution >= 0.6 is 11.8 Å². The van der Waals surface area contributed by atoms with E-state index in [9.17, 15) is 9.59 Å². The molecule has 0 bridgehead atoms. The van der Waals surface area contributed by atoms with E-state index in [1.807, 2.05) is 24.3 Å². The van der Waals surface area contributed by atoms with Crippen molar-refractivity contribution in [2.45, 2.75) is 58.4 Å². The molecule has 5 heteroatoms. The van der Waals surface area contributed by atoms with Gasteiger partial charge in [-0.1, -0.05) is 43.2 Å². The molecule has 1 aromatic heterocycles. The summed E-state index contributed by atoms with van der Waals surface area (Å²) in [7, 11) is 0. The molecule has 2 fully saturated rings. The second-order valence-electron chi connectivity index (χ2n) is 8.06. The van der Waals surface area contributed by atoms with Crippen LogP contribution in [0.2, 0.25) is 0 Å². The van der Waals surface area contributed by atoms with Gasteiger partial charge in [0.25, 0.3) is 11.1 Å². The Morgan fingerprint density at radius 3 is 2.55 bits per heavy atom. The predicted octanol–water partition coefficient (Wildman–Crippen LogP) is 5.89.